The lowest BCUT2D eigenvalue weighted by molar-refractivity contribution is -0.121. The van der Waals surface area contributed by atoms with Crippen LogP contribution in [0.5, 0.6) is 0 Å². The van der Waals surface area contributed by atoms with E-state index < -0.39 is 0 Å². The van der Waals surface area contributed by atoms with Gasteiger partial charge < -0.3 is 4.90 Å². The van der Waals surface area contributed by atoms with Crippen LogP contribution in [0.25, 0.3) is 0 Å². The molecule has 2 fully saturated rings. The van der Waals surface area contributed by atoms with E-state index in [1.807, 2.05) is 0 Å². The van der Waals surface area contributed by atoms with Gasteiger partial charge in [-0.15, -0.1) is 0 Å². The molecule has 0 atom stereocenters. The first kappa shape index (κ1) is 11.8. The molecule has 0 radical (unpaired) electrons. The molecule has 0 aromatic heterocycles. The van der Waals surface area contributed by atoms with Crippen LogP contribution in [0.3, 0.4) is 0 Å². The minimum absolute atomic E-state index is 0.0756. The first-order valence-corrected chi connectivity index (χ1v) is 6.83. The number of carbonyl (C=O) groups excluding carboxylic acids is 2. The smallest absolute Gasteiger partial charge is 0.317 e. The molecule has 2 rings (SSSR count). The Morgan fingerprint density at radius 1 is 1.25 bits per heavy atom. The van der Waals surface area contributed by atoms with Gasteiger partial charge in [0.05, 0.1) is 0 Å². The molecule has 1 saturated carbocycles. The van der Waals surface area contributed by atoms with Gasteiger partial charge in [-0.3, -0.25) is 4.79 Å². The third kappa shape index (κ3) is 2.51. The van der Waals surface area contributed by atoms with Crippen LogP contribution in [0.4, 0.5) is 4.79 Å². The summed E-state index contributed by atoms with van der Waals surface area (Å²) in [7, 11) is 1.67. The van der Waals surface area contributed by atoms with Gasteiger partial charge in [-0.1, -0.05) is 19.3 Å². The summed E-state index contributed by atoms with van der Waals surface area (Å²) in [5.41, 5.74) is 0. The summed E-state index contributed by atoms with van der Waals surface area (Å²) in [6.07, 6.45) is 6.43. The molecule has 1 aliphatic heterocycles. The normalized spacial score (nSPS) is 23.3. The molecule has 2 aliphatic rings. The fourth-order valence-corrected chi connectivity index (χ4v) is 3.40. The maximum Gasteiger partial charge on any atom is 0.337 e. The van der Waals surface area contributed by atoms with Crippen LogP contribution < -0.4 is 0 Å². The van der Waals surface area contributed by atoms with Crippen molar-refractivity contribution in [2.45, 2.75) is 32.1 Å². The van der Waals surface area contributed by atoms with Crippen molar-refractivity contribution in [3.05, 3.63) is 0 Å². The first-order chi connectivity index (χ1) is 7.68. The van der Waals surface area contributed by atoms with Gasteiger partial charge in [0.1, 0.15) is 6.54 Å². The highest BCUT2D eigenvalue weighted by Gasteiger charge is 2.34. The molecule has 1 saturated heterocycles. The lowest BCUT2D eigenvalue weighted by Crippen LogP contribution is -2.27. The molecule has 3 amide bonds. The average molecular weight is 242 g/mol. The van der Waals surface area contributed by atoms with Crippen LogP contribution in [0.15, 0.2) is 0 Å². The number of amides is 3. The topological polar surface area (TPSA) is 40.6 Å². The number of likely N-dealkylation sites (N-methyl/N-ethyl adjacent to an activating group) is 1. The second-order valence-corrected chi connectivity index (χ2v) is 5.58. The Hall–Kier alpha value is -0.710. The van der Waals surface area contributed by atoms with E-state index >= 15 is 0 Å². The predicted molar refractivity (Wildman–Crippen MR) is 63.9 cm³/mol. The van der Waals surface area contributed by atoms with Crippen LogP contribution in [-0.2, 0) is 4.79 Å². The number of carbonyl (C=O) groups is 2. The van der Waals surface area contributed by atoms with Crippen LogP contribution in [0.1, 0.15) is 32.1 Å². The van der Waals surface area contributed by atoms with Gasteiger partial charge in [-0.05, 0) is 30.7 Å². The van der Waals surface area contributed by atoms with Gasteiger partial charge in [-0.2, -0.15) is 0 Å². The monoisotopic (exact) mass is 242 g/mol. The summed E-state index contributed by atoms with van der Waals surface area (Å²) in [6.45, 7) is 0.233. The zero-order chi connectivity index (χ0) is 11.5. The molecule has 90 valence electrons. The highest BCUT2D eigenvalue weighted by atomic mass is 32.2. The van der Waals surface area contributed by atoms with Crippen LogP contribution in [0, 0.1) is 5.92 Å². The van der Waals surface area contributed by atoms with Crippen molar-refractivity contribution in [2.24, 2.45) is 5.92 Å². The van der Waals surface area contributed by atoms with Crippen molar-refractivity contribution < 1.29 is 9.59 Å². The van der Waals surface area contributed by atoms with Gasteiger partial charge in [0.2, 0.25) is 0 Å². The Morgan fingerprint density at radius 2 is 1.94 bits per heavy atom. The van der Waals surface area contributed by atoms with Crippen molar-refractivity contribution in [2.75, 3.05) is 19.3 Å². The number of urea groups is 1. The number of hydrogen-bond acceptors (Lipinski definition) is 3. The Labute approximate surface area is 100 Å². The van der Waals surface area contributed by atoms with Crippen molar-refractivity contribution in [1.82, 2.24) is 9.21 Å². The van der Waals surface area contributed by atoms with Gasteiger partial charge in [0, 0.05) is 12.8 Å². The number of imide groups is 1. The highest BCUT2D eigenvalue weighted by Crippen LogP contribution is 2.29. The van der Waals surface area contributed by atoms with E-state index in [9.17, 15) is 9.59 Å². The van der Waals surface area contributed by atoms with Crippen LogP contribution in [0.2, 0.25) is 0 Å². The van der Waals surface area contributed by atoms with E-state index in [1.54, 1.807) is 7.05 Å². The van der Waals surface area contributed by atoms with E-state index in [0.29, 0.717) is 5.92 Å². The first-order valence-electron chi connectivity index (χ1n) is 5.89. The standard InChI is InChI=1S/C11H18N2O2S/c1-12-7-10(14)13(11(12)15)16-8-9-5-3-2-4-6-9/h9H,2-8H2,1H3. The molecule has 0 aromatic rings. The summed E-state index contributed by atoms with van der Waals surface area (Å²) in [5.74, 6) is 1.52. The number of hydrogen-bond donors (Lipinski definition) is 0. The molecule has 1 aliphatic carbocycles. The summed E-state index contributed by atoms with van der Waals surface area (Å²) >= 11 is 1.40. The van der Waals surface area contributed by atoms with Gasteiger partial charge >= 0.3 is 6.03 Å². The number of rotatable bonds is 3. The SMILES string of the molecule is CN1CC(=O)N(SCC2CCCCC2)C1=O. The number of nitrogens with zero attached hydrogens (tertiary/aromatic N) is 2. The zero-order valence-corrected chi connectivity index (χ0v) is 10.5. The summed E-state index contributed by atoms with van der Waals surface area (Å²) in [6, 6.07) is -0.161. The van der Waals surface area contributed by atoms with E-state index in [0.717, 1.165) is 5.75 Å². The molecule has 1 heterocycles. The van der Waals surface area contributed by atoms with Gasteiger partial charge in [0.25, 0.3) is 5.91 Å². The van der Waals surface area contributed by atoms with Crippen LogP contribution in [-0.4, -0.2) is 40.5 Å². The average Bonchev–Trinajstić information content (AvgIpc) is 2.53. The lowest BCUT2D eigenvalue weighted by atomic mass is 9.91. The van der Waals surface area contributed by atoms with Crippen molar-refractivity contribution in [3.63, 3.8) is 0 Å². The molecular formula is C11H18N2O2S. The maximum absolute atomic E-state index is 11.6. The zero-order valence-electron chi connectivity index (χ0n) is 9.65. The second kappa shape index (κ2) is 5.08. The molecule has 16 heavy (non-hydrogen) atoms. The fourth-order valence-electron chi connectivity index (χ4n) is 2.26. The third-order valence-corrected chi connectivity index (χ3v) is 4.50. The minimum Gasteiger partial charge on any atom is -0.317 e. The molecule has 5 heteroatoms. The van der Waals surface area contributed by atoms with E-state index in [2.05, 4.69) is 0 Å². The molecule has 4 nitrogen and oxygen atoms in total. The minimum atomic E-state index is -0.161. The Kier molecular flexibility index (Phi) is 3.74. The van der Waals surface area contributed by atoms with Gasteiger partial charge in [-0.25, -0.2) is 9.10 Å². The van der Waals surface area contributed by atoms with Crippen molar-refractivity contribution >= 4 is 23.9 Å². The second-order valence-electron chi connectivity index (χ2n) is 4.63. The summed E-state index contributed by atoms with van der Waals surface area (Å²) in [5, 5.41) is 0. The Morgan fingerprint density at radius 3 is 2.50 bits per heavy atom. The third-order valence-electron chi connectivity index (χ3n) is 3.26. The Balaban J connectivity index is 1.80. The summed E-state index contributed by atoms with van der Waals surface area (Å²) < 4.78 is 1.33. The molecular weight excluding hydrogens is 224 g/mol. The maximum atomic E-state index is 11.6. The van der Waals surface area contributed by atoms with E-state index in [4.69, 9.17) is 0 Å². The van der Waals surface area contributed by atoms with Crippen molar-refractivity contribution in [3.8, 4) is 0 Å². The van der Waals surface area contributed by atoms with Crippen LogP contribution >= 0.6 is 11.9 Å². The molecule has 0 spiro atoms. The summed E-state index contributed by atoms with van der Waals surface area (Å²) in [4.78, 5) is 24.6. The molecule has 0 unspecified atom stereocenters. The molecule has 0 bridgehead atoms. The fraction of sp³-hybridized carbons (Fsp3) is 0.818. The Bertz CT molecular complexity index is 290. The van der Waals surface area contributed by atoms with E-state index in [-0.39, 0.29) is 18.5 Å². The largest absolute Gasteiger partial charge is 0.337 e. The molecule has 0 aromatic carbocycles. The van der Waals surface area contributed by atoms with E-state index in [1.165, 1.54) is 53.3 Å². The van der Waals surface area contributed by atoms with Gasteiger partial charge in [0.15, 0.2) is 0 Å². The predicted octanol–water partition coefficient (Wildman–Crippen LogP) is 2.11. The highest BCUT2D eigenvalue weighted by molar-refractivity contribution is 7.98. The lowest BCUT2D eigenvalue weighted by Gasteiger charge is -2.22. The quantitative estimate of drug-likeness (QED) is 0.562. The van der Waals surface area contributed by atoms with Crippen molar-refractivity contribution in [1.29, 1.82) is 0 Å². The molecule has 0 N–H and O–H groups in total.